The van der Waals surface area contributed by atoms with Gasteiger partial charge in [-0.25, -0.2) is 0 Å². The van der Waals surface area contributed by atoms with E-state index < -0.39 is 6.10 Å². The quantitative estimate of drug-likeness (QED) is 0.326. The summed E-state index contributed by atoms with van der Waals surface area (Å²) in [6.07, 6.45) is 0.0588. The van der Waals surface area contributed by atoms with Gasteiger partial charge in [0.25, 0.3) is 0 Å². The molecule has 0 bridgehead atoms. The average Bonchev–Trinajstić information content (AvgIpc) is 2.80. The lowest BCUT2D eigenvalue weighted by Gasteiger charge is -2.31. The Kier molecular flexibility index (Phi) is 9.30. The number of aliphatic hydroxyl groups is 1. The summed E-state index contributed by atoms with van der Waals surface area (Å²) >= 11 is 18.5. The van der Waals surface area contributed by atoms with Crippen LogP contribution < -0.4 is 9.47 Å². The molecule has 0 aliphatic carbocycles. The standard InChI is InChI=1S/C26H28Cl3NO3/c1-17(11-18-8-10-25(32-2)26(13-18)33-3)30(15-19-7-9-22(28)23(29)12-19)16-24(31)20-5-4-6-21(27)14-20/h4-10,12-14,17,24,31H,11,15-16H2,1-3H3. The van der Waals surface area contributed by atoms with Gasteiger partial charge < -0.3 is 14.6 Å². The number of nitrogens with zero attached hydrogens (tertiary/aromatic N) is 1. The van der Waals surface area contributed by atoms with Crippen LogP contribution in [-0.4, -0.2) is 36.8 Å². The average molecular weight is 509 g/mol. The maximum Gasteiger partial charge on any atom is 0.160 e. The third-order valence-electron chi connectivity index (χ3n) is 5.61. The lowest BCUT2D eigenvalue weighted by Crippen LogP contribution is -2.37. The van der Waals surface area contributed by atoms with Crippen molar-refractivity contribution in [2.24, 2.45) is 0 Å². The second-order valence-corrected chi connectivity index (χ2v) is 9.24. The Morgan fingerprint density at radius 2 is 1.58 bits per heavy atom. The molecular formula is C26H28Cl3NO3. The maximum absolute atomic E-state index is 11.0. The Morgan fingerprint density at radius 1 is 0.848 bits per heavy atom. The van der Waals surface area contributed by atoms with Gasteiger partial charge in [-0.1, -0.05) is 59.1 Å². The molecule has 0 aliphatic heterocycles. The van der Waals surface area contributed by atoms with E-state index in [0.717, 1.165) is 23.1 Å². The number of rotatable bonds is 10. The molecule has 0 saturated heterocycles. The third kappa shape index (κ3) is 7.02. The summed E-state index contributed by atoms with van der Waals surface area (Å²) in [5, 5.41) is 12.6. The summed E-state index contributed by atoms with van der Waals surface area (Å²) in [7, 11) is 3.25. The number of aliphatic hydroxyl groups excluding tert-OH is 1. The monoisotopic (exact) mass is 507 g/mol. The van der Waals surface area contributed by atoms with E-state index in [2.05, 4.69) is 11.8 Å². The van der Waals surface area contributed by atoms with Crippen LogP contribution >= 0.6 is 34.8 Å². The van der Waals surface area contributed by atoms with E-state index in [1.807, 2.05) is 42.5 Å². The Hall–Kier alpha value is -1.95. The summed E-state index contributed by atoms with van der Waals surface area (Å²) in [5.41, 5.74) is 2.90. The van der Waals surface area contributed by atoms with Gasteiger partial charge in [-0.15, -0.1) is 0 Å². The maximum atomic E-state index is 11.0. The van der Waals surface area contributed by atoms with E-state index in [0.29, 0.717) is 39.7 Å². The number of hydrogen-bond donors (Lipinski definition) is 1. The molecule has 1 N–H and O–H groups in total. The Labute approximate surface area is 210 Å². The Balaban J connectivity index is 1.83. The lowest BCUT2D eigenvalue weighted by molar-refractivity contribution is 0.0859. The minimum Gasteiger partial charge on any atom is -0.493 e. The van der Waals surface area contributed by atoms with E-state index >= 15 is 0 Å². The van der Waals surface area contributed by atoms with Crippen LogP contribution in [-0.2, 0) is 13.0 Å². The van der Waals surface area contributed by atoms with Crippen molar-refractivity contribution < 1.29 is 14.6 Å². The molecule has 33 heavy (non-hydrogen) atoms. The first-order valence-electron chi connectivity index (χ1n) is 10.6. The van der Waals surface area contributed by atoms with Crippen molar-refractivity contribution in [2.45, 2.75) is 32.0 Å². The molecule has 0 radical (unpaired) electrons. The van der Waals surface area contributed by atoms with Gasteiger partial charge in [0, 0.05) is 24.2 Å². The molecule has 7 heteroatoms. The Morgan fingerprint density at radius 3 is 2.24 bits per heavy atom. The van der Waals surface area contributed by atoms with Gasteiger partial charge in [-0.3, -0.25) is 4.90 Å². The van der Waals surface area contributed by atoms with Crippen LogP contribution in [0.4, 0.5) is 0 Å². The normalized spacial score (nSPS) is 13.1. The van der Waals surface area contributed by atoms with Gasteiger partial charge in [0.15, 0.2) is 11.5 Å². The topological polar surface area (TPSA) is 41.9 Å². The predicted octanol–water partition coefficient (Wildman–Crippen LogP) is 6.83. The van der Waals surface area contributed by atoms with Crippen molar-refractivity contribution in [1.82, 2.24) is 4.90 Å². The fourth-order valence-electron chi connectivity index (χ4n) is 3.79. The van der Waals surface area contributed by atoms with Crippen LogP contribution in [0.1, 0.15) is 29.7 Å². The molecule has 4 nitrogen and oxygen atoms in total. The van der Waals surface area contributed by atoms with Crippen LogP contribution in [0.3, 0.4) is 0 Å². The lowest BCUT2D eigenvalue weighted by atomic mass is 10.0. The number of benzene rings is 3. The number of methoxy groups -OCH3 is 2. The second-order valence-electron chi connectivity index (χ2n) is 7.99. The van der Waals surface area contributed by atoms with Crippen LogP contribution in [0.5, 0.6) is 11.5 Å². The van der Waals surface area contributed by atoms with Gasteiger partial charge in [0.1, 0.15) is 0 Å². The van der Waals surface area contributed by atoms with E-state index in [-0.39, 0.29) is 6.04 Å². The first kappa shape index (κ1) is 25.7. The largest absolute Gasteiger partial charge is 0.493 e. The highest BCUT2D eigenvalue weighted by Gasteiger charge is 2.21. The minimum absolute atomic E-state index is 0.103. The molecule has 0 saturated carbocycles. The molecule has 0 spiro atoms. The van der Waals surface area contributed by atoms with Gasteiger partial charge >= 0.3 is 0 Å². The molecule has 0 aromatic heterocycles. The molecule has 2 unspecified atom stereocenters. The van der Waals surface area contributed by atoms with Gasteiger partial charge in [0.2, 0.25) is 0 Å². The van der Waals surface area contributed by atoms with Crippen molar-refractivity contribution in [1.29, 1.82) is 0 Å². The highest BCUT2D eigenvalue weighted by Crippen LogP contribution is 2.29. The smallest absolute Gasteiger partial charge is 0.160 e. The molecule has 3 rings (SSSR count). The molecule has 0 amide bonds. The van der Waals surface area contributed by atoms with E-state index in [9.17, 15) is 5.11 Å². The summed E-state index contributed by atoms with van der Waals surface area (Å²) < 4.78 is 10.8. The first-order valence-corrected chi connectivity index (χ1v) is 11.8. The van der Waals surface area contributed by atoms with E-state index in [4.69, 9.17) is 44.3 Å². The van der Waals surface area contributed by atoms with Crippen LogP contribution in [0.2, 0.25) is 15.1 Å². The molecular weight excluding hydrogens is 481 g/mol. The molecule has 3 aromatic carbocycles. The van der Waals surface area contributed by atoms with E-state index in [1.165, 1.54) is 0 Å². The fourth-order valence-corrected chi connectivity index (χ4v) is 4.31. The molecule has 2 atom stereocenters. The van der Waals surface area contributed by atoms with Gasteiger partial charge in [0.05, 0.1) is 30.4 Å². The van der Waals surface area contributed by atoms with Crippen molar-refractivity contribution in [3.8, 4) is 11.5 Å². The van der Waals surface area contributed by atoms with Gasteiger partial charge in [-0.05, 0) is 66.4 Å². The summed E-state index contributed by atoms with van der Waals surface area (Å²) in [4.78, 5) is 2.22. The second kappa shape index (κ2) is 12.0. The molecule has 0 fully saturated rings. The highest BCUT2D eigenvalue weighted by atomic mass is 35.5. The zero-order chi connectivity index (χ0) is 24.0. The predicted molar refractivity (Wildman–Crippen MR) is 136 cm³/mol. The number of halogens is 3. The minimum atomic E-state index is -0.695. The third-order valence-corrected chi connectivity index (χ3v) is 6.59. The van der Waals surface area contributed by atoms with Crippen molar-refractivity contribution in [2.75, 3.05) is 20.8 Å². The highest BCUT2D eigenvalue weighted by molar-refractivity contribution is 6.42. The van der Waals surface area contributed by atoms with Crippen LogP contribution in [0, 0.1) is 0 Å². The molecule has 0 aliphatic rings. The molecule has 176 valence electrons. The Bertz CT molecular complexity index is 1080. The zero-order valence-electron chi connectivity index (χ0n) is 18.9. The molecule has 0 heterocycles. The molecule has 3 aromatic rings. The number of ether oxygens (including phenoxy) is 2. The number of hydrogen-bond acceptors (Lipinski definition) is 4. The van der Waals surface area contributed by atoms with Crippen LogP contribution in [0.15, 0.2) is 60.7 Å². The first-order chi connectivity index (χ1) is 15.8. The summed E-state index contributed by atoms with van der Waals surface area (Å²) in [6, 6.07) is 19.0. The van der Waals surface area contributed by atoms with Crippen LogP contribution in [0.25, 0.3) is 0 Å². The van der Waals surface area contributed by atoms with Crippen molar-refractivity contribution in [3.63, 3.8) is 0 Å². The SMILES string of the molecule is COc1ccc(CC(C)N(Cc2ccc(Cl)c(Cl)c2)CC(O)c2cccc(Cl)c2)cc1OC. The van der Waals surface area contributed by atoms with Crippen molar-refractivity contribution in [3.05, 3.63) is 92.4 Å². The zero-order valence-corrected chi connectivity index (χ0v) is 21.2. The summed E-state index contributed by atoms with van der Waals surface area (Å²) in [6.45, 7) is 3.16. The van der Waals surface area contributed by atoms with E-state index in [1.54, 1.807) is 32.4 Å². The fraction of sp³-hybridized carbons (Fsp3) is 0.308. The van der Waals surface area contributed by atoms with Gasteiger partial charge in [-0.2, -0.15) is 0 Å². The summed E-state index contributed by atoms with van der Waals surface area (Å²) in [5.74, 6) is 1.38. The van der Waals surface area contributed by atoms with Crippen molar-refractivity contribution >= 4 is 34.8 Å².